The van der Waals surface area contributed by atoms with Gasteiger partial charge in [0, 0.05) is 28.7 Å². The van der Waals surface area contributed by atoms with Crippen molar-refractivity contribution < 1.29 is 37.7 Å². The summed E-state index contributed by atoms with van der Waals surface area (Å²) in [5, 5.41) is 0. The minimum Gasteiger partial charge on any atom is -0.472 e. The smallest absolute Gasteiger partial charge is 0.339 e. The Balaban J connectivity index is 1.41. The maximum atomic E-state index is 14.2. The van der Waals surface area contributed by atoms with E-state index in [0.717, 1.165) is 12.0 Å². The molecule has 0 bridgehead atoms. The third-order valence-electron chi connectivity index (χ3n) is 10.7. The van der Waals surface area contributed by atoms with Gasteiger partial charge in [-0.15, -0.1) is 0 Å². The number of epoxide rings is 1. The summed E-state index contributed by atoms with van der Waals surface area (Å²) in [6, 6.07) is 1.81. The number of hydrogen-bond acceptors (Lipinski definition) is 8. The van der Waals surface area contributed by atoms with Crippen LogP contribution >= 0.6 is 0 Å². The lowest BCUT2D eigenvalue weighted by Crippen LogP contribution is -2.72. The molecule has 0 aromatic carbocycles. The highest BCUT2D eigenvalue weighted by molar-refractivity contribution is 5.93. The second kappa shape index (κ2) is 5.95. The first kappa shape index (κ1) is 21.1. The standard InChI is InChI=1S/C26H30O8/c1-22(2)15-9-16(27)24(4)14(25(15)12-31-18(28)10-17(25)33-22)5-7-23(3)19(13-6-8-30-11-13)32-21(29)20-26(23,24)34-20/h6,8,11,14-15,17,19-20H,5,7,9-10,12H2,1-4H3/t14-,15+,17?,19-,20+,23+,24-,25-,26-/m1/s1. The fourth-order valence-electron chi connectivity index (χ4n) is 9.34. The summed E-state index contributed by atoms with van der Waals surface area (Å²) >= 11 is 0. The Bertz CT molecular complexity index is 1120. The highest BCUT2D eigenvalue weighted by Crippen LogP contribution is 2.79. The van der Waals surface area contributed by atoms with Gasteiger partial charge in [0.2, 0.25) is 0 Å². The zero-order chi connectivity index (χ0) is 23.9. The topological polar surface area (TPSA) is 105 Å². The molecule has 182 valence electrons. The van der Waals surface area contributed by atoms with Crippen LogP contribution in [-0.4, -0.2) is 47.7 Å². The SMILES string of the molecule is CC1(C)OC2CC(=O)OC[C@@]23[C@H]1CC(=O)[C@@]1(C)[C@H]3CC[C@@]2(C)[C@@H](c3ccoc3)OC(=O)[C@@H]3O[C@]321. The van der Waals surface area contributed by atoms with Crippen LogP contribution in [0.15, 0.2) is 23.0 Å². The second-order valence-corrected chi connectivity index (χ2v) is 12.2. The Hall–Kier alpha value is -2.19. The number of furan rings is 1. The average molecular weight is 471 g/mol. The zero-order valence-electron chi connectivity index (χ0n) is 19.9. The monoisotopic (exact) mass is 470 g/mol. The molecule has 6 fully saturated rings. The molecule has 8 heteroatoms. The molecule has 5 heterocycles. The van der Waals surface area contributed by atoms with Crippen molar-refractivity contribution in [3.8, 4) is 0 Å². The second-order valence-electron chi connectivity index (χ2n) is 12.2. The minimum atomic E-state index is -0.976. The maximum Gasteiger partial charge on any atom is 0.339 e. The first-order chi connectivity index (χ1) is 16.0. The van der Waals surface area contributed by atoms with Gasteiger partial charge in [-0.25, -0.2) is 4.79 Å². The molecule has 6 aliphatic rings. The molecule has 2 spiro atoms. The Morgan fingerprint density at radius 3 is 2.50 bits per heavy atom. The van der Waals surface area contributed by atoms with Gasteiger partial charge < -0.3 is 23.4 Å². The van der Waals surface area contributed by atoms with Crippen molar-refractivity contribution in [1.29, 1.82) is 0 Å². The van der Waals surface area contributed by atoms with Crippen molar-refractivity contribution in [3.63, 3.8) is 0 Å². The van der Waals surface area contributed by atoms with Crippen LogP contribution in [0.5, 0.6) is 0 Å². The molecule has 4 saturated heterocycles. The van der Waals surface area contributed by atoms with Crippen LogP contribution in [0, 0.1) is 28.1 Å². The van der Waals surface area contributed by atoms with E-state index in [1.165, 1.54) is 0 Å². The van der Waals surface area contributed by atoms with Crippen molar-refractivity contribution >= 4 is 17.7 Å². The highest BCUT2D eigenvalue weighted by Gasteiger charge is 2.89. The van der Waals surface area contributed by atoms with E-state index < -0.39 is 45.6 Å². The summed E-state index contributed by atoms with van der Waals surface area (Å²) in [6.07, 6.45) is 3.46. The molecule has 0 radical (unpaired) electrons. The van der Waals surface area contributed by atoms with Gasteiger partial charge in [0.25, 0.3) is 0 Å². The van der Waals surface area contributed by atoms with E-state index in [0.29, 0.717) is 12.8 Å². The lowest BCUT2D eigenvalue weighted by atomic mass is 9.37. The third-order valence-corrected chi connectivity index (χ3v) is 10.7. The Labute approximate surface area is 197 Å². The molecule has 2 saturated carbocycles. The number of ether oxygens (including phenoxy) is 4. The first-order valence-corrected chi connectivity index (χ1v) is 12.3. The fraction of sp³-hybridized carbons (Fsp3) is 0.731. The summed E-state index contributed by atoms with van der Waals surface area (Å²) in [6.45, 7) is 8.36. The van der Waals surface area contributed by atoms with Gasteiger partial charge in [-0.1, -0.05) is 6.92 Å². The van der Waals surface area contributed by atoms with Crippen molar-refractivity contribution in [3.05, 3.63) is 24.2 Å². The molecule has 1 unspecified atom stereocenters. The summed E-state index contributed by atoms with van der Waals surface area (Å²) in [5.74, 6) is -0.780. The summed E-state index contributed by atoms with van der Waals surface area (Å²) in [4.78, 5) is 39.7. The lowest BCUT2D eigenvalue weighted by Gasteiger charge is -2.65. The molecule has 8 nitrogen and oxygen atoms in total. The van der Waals surface area contributed by atoms with E-state index in [1.54, 1.807) is 12.5 Å². The predicted molar refractivity (Wildman–Crippen MR) is 114 cm³/mol. The van der Waals surface area contributed by atoms with Crippen LogP contribution in [-0.2, 0) is 33.3 Å². The van der Waals surface area contributed by atoms with Gasteiger partial charge >= 0.3 is 11.9 Å². The van der Waals surface area contributed by atoms with E-state index in [2.05, 4.69) is 6.92 Å². The van der Waals surface area contributed by atoms with Gasteiger partial charge in [-0.2, -0.15) is 0 Å². The van der Waals surface area contributed by atoms with E-state index >= 15 is 0 Å². The molecule has 1 aromatic rings. The molecule has 7 rings (SSSR count). The van der Waals surface area contributed by atoms with Crippen LogP contribution in [0.4, 0.5) is 0 Å². The van der Waals surface area contributed by atoms with Crippen molar-refractivity contribution in [2.24, 2.45) is 28.1 Å². The Morgan fingerprint density at radius 1 is 0.971 bits per heavy atom. The van der Waals surface area contributed by atoms with Crippen molar-refractivity contribution in [1.82, 2.24) is 0 Å². The maximum absolute atomic E-state index is 14.2. The molecule has 1 aromatic heterocycles. The lowest BCUT2D eigenvalue weighted by molar-refractivity contribution is -0.225. The summed E-state index contributed by atoms with van der Waals surface area (Å²) in [5.41, 5.74) is -2.78. The molecule has 0 amide bonds. The summed E-state index contributed by atoms with van der Waals surface area (Å²) in [7, 11) is 0. The van der Waals surface area contributed by atoms with Crippen molar-refractivity contribution in [2.45, 2.75) is 82.9 Å². The van der Waals surface area contributed by atoms with Crippen molar-refractivity contribution in [2.75, 3.05) is 6.61 Å². The van der Waals surface area contributed by atoms with Gasteiger partial charge in [-0.05, 0) is 45.6 Å². The zero-order valence-corrected chi connectivity index (χ0v) is 19.9. The van der Waals surface area contributed by atoms with E-state index in [9.17, 15) is 14.4 Å². The number of fused-ring (bicyclic) bond motifs is 1. The van der Waals surface area contributed by atoms with Gasteiger partial charge in [0.05, 0.1) is 36.1 Å². The number of carbonyl (C=O) groups excluding carboxylic acids is 3. The molecule has 0 N–H and O–H groups in total. The number of ketones is 1. The first-order valence-electron chi connectivity index (χ1n) is 12.3. The molecular formula is C26H30O8. The van der Waals surface area contributed by atoms with Crippen LogP contribution in [0.1, 0.15) is 65.0 Å². The quantitative estimate of drug-likeness (QED) is 0.455. The summed E-state index contributed by atoms with van der Waals surface area (Å²) < 4.78 is 29.8. The number of hydrogen-bond donors (Lipinski definition) is 0. The normalized spacial score (nSPS) is 52.4. The Morgan fingerprint density at radius 2 is 1.76 bits per heavy atom. The van der Waals surface area contributed by atoms with Gasteiger partial charge in [0.1, 0.15) is 24.1 Å². The van der Waals surface area contributed by atoms with E-state index in [4.69, 9.17) is 23.4 Å². The molecule has 9 atom stereocenters. The largest absolute Gasteiger partial charge is 0.472 e. The molecule has 4 aliphatic heterocycles. The fourth-order valence-corrected chi connectivity index (χ4v) is 9.34. The van der Waals surface area contributed by atoms with Crippen LogP contribution in [0.3, 0.4) is 0 Å². The van der Waals surface area contributed by atoms with Crippen LogP contribution < -0.4 is 0 Å². The number of Topliss-reactive ketones (excluding diaryl/α,β-unsaturated/α-hetero) is 1. The third kappa shape index (κ3) is 2.02. The van der Waals surface area contributed by atoms with Gasteiger partial charge in [0.15, 0.2) is 6.10 Å². The van der Waals surface area contributed by atoms with E-state index in [-0.39, 0.29) is 42.7 Å². The molecule has 34 heavy (non-hydrogen) atoms. The van der Waals surface area contributed by atoms with Gasteiger partial charge in [-0.3, -0.25) is 9.59 Å². The number of carbonyl (C=O) groups is 3. The van der Waals surface area contributed by atoms with Crippen LogP contribution in [0.25, 0.3) is 0 Å². The van der Waals surface area contributed by atoms with Crippen LogP contribution in [0.2, 0.25) is 0 Å². The highest BCUT2D eigenvalue weighted by atomic mass is 16.7. The number of esters is 2. The molecular weight excluding hydrogens is 440 g/mol. The molecule has 2 aliphatic carbocycles. The number of rotatable bonds is 1. The minimum absolute atomic E-state index is 0.0677. The predicted octanol–water partition coefficient (Wildman–Crippen LogP) is 3.14. The number of cyclic esters (lactones) is 2. The van der Waals surface area contributed by atoms with E-state index in [1.807, 2.05) is 26.8 Å². The Kier molecular flexibility index (Phi) is 3.70. The average Bonchev–Trinajstić information content (AvgIpc) is 3.26.